The Labute approximate surface area is 172 Å². The van der Waals surface area contributed by atoms with Crippen LogP contribution in [0.1, 0.15) is 12.5 Å². The summed E-state index contributed by atoms with van der Waals surface area (Å²) in [6.07, 6.45) is 0. The predicted molar refractivity (Wildman–Crippen MR) is 118 cm³/mol. The number of nitrogens with zero attached hydrogens (tertiary/aromatic N) is 5. The van der Waals surface area contributed by atoms with Crippen molar-refractivity contribution in [1.82, 2.24) is 20.0 Å². The second kappa shape index (κ2) is 7.29. The second-order valence-electron chi connectivity index (χ2n) is 6.93. The van der Waals surface area contributed by atoms with Crippen molar-refractivity contribution in [3.63, 3.8) is 0 Å². The van der Waals surface area contributed by atoms with Crippen LogP contribution in [0.5, 0.6) is 0 Å². The molecule has 7 heteroatoms. The van der Waals surface area contributed by atoms with E-state index < -0.39 is 0 Å². The Hall–Kier alpha value is -4.26. The minimum absolute atomic E-state index is 0.549. The number of oxime groups is 1. The van der Waals surface area contributed by atoms with Crippen molar-refractivity contribution in [2.75, 3.05) is 5.32 Å². The average molecular weight is 394 g/mol. The quantitative estimate of drug-likeness (QED) is 0.257. The van der Waals surface area contributed by atoms with E-state index in [1.54, 1.807) is 11.6 Å². The lowest BCUT2D eigenvalue weighted by Crippen LogP contribution is -2.03. The van der Waals surface area contributed by atoms with Gasteiger partial charge in [-0.25, -0.2) is 4.98 Å². The predicted octanol–water partition coefficient (Wildman–Crippen LogP) is 4.91. The van der Waals surface area contributed by atoms with Crippen LogP contribution in [0.25, 0.3) is 27.8 Å². The highest BCUT2D eigenvalue weighted by Crippen LogP contribution is 2.29. The number of rotatable bonds is 4. The molecule has 0 spiro atoms. The highest BCUT2D eigenvalue weighted by Gasteiger charge is 2.12. The Morgan fingerprint density at radius 1 is 0.933 bits per heavy atom. The molecule has 7 nitrogen and oxygen atoms in total. The van der Waals surface area contributed by atoms with Gasteiger partial charge >= 0.3 is 0 Å². The first-order valence-corrected chi connectivity index (χ1v) is 9.50. The lowest BCUT2D eigenvalue weighted by atomic mass is 10.1. The maximum atomic E-state index is 9.08. The summed E-state index contributed by atoms with van der Waals surface area (Å²) >= 11 is 0. The summed E-state index contributed by atoms with van der Waals surface area (Å²) in [6, 6.07) is 25.4. The molecule has 0 radical (unpaired) electrons. The lowest BCUT2D eigenvalue weighted by molar-refractivity contribution is 0.319. The highest BCUT2D eigenvalue weighted by molar-refractivity contribution is 6.00. The maximum absolute atomic E-state index is 9.08. The van der Waals surface area contributed by atoms with Gasteiger partial charge in [0.05, 0.1) is 22.4 Å². The van der Waals surface area contributed by atoms with Gasteiger partial charge in [0.25, 0.3) is 0 Å². The Balaban J connectivity index is 1.65. The van der Waals surface area contributed by atoms with Crippen molar-refractivity contribution in [1.29, 1.82) is 0 Å². The van der Waals surface area contributed by atoms with E-state index in [1.165, 1.54) is 0 Å². The summed E-state index contributed by atoms with van der Waals surface area (Å²) in [5.74, 6) is 0.675. The van der Waals surface area contributed by atoms with E-state index in [2.05, 4.69) is 20.8 Å². The van der Waals surface area contributed by atoms with Crippen LogP contribution in [-0.4, -0.2) is 30.9 Å². The number of anilines is 2. The lowest BCUT2D eigenvalue weighted by Gasteiger charge is -2.13. The van der Waals surface area contributed by atoms with Gasteiger partial charge in [0, 0.05) is 22.7 Å². The van der Waals surface area contributed by atoms with Crippen molar-refractivity contribution in [2.45, 2.75) is 6.92 Å². The average Bonchev–Trinajstić information content (AvgIpc) is 3.23. The first kappa shape index (κ1) is 17.8. The molecule has 0 aliphatic carbocycles. The van der Waals surface area contributed by atoms with E-state index in [4.69, 9.17) is 10.2 Å². The molecule has 0 aliphatic rings. The number of benzene rings is 3. The minimum Gasteiger partial charge on any atom is -0.411 e. The number of nitrogens with one attached hydrogen (secondary N) is 1. The van der Waals surface area contributed by atoms with Crippen LogP contribution >= 0.6 is 0 Å². The molecule has 2 aromatic heterocycles. The molecule has 0 bridgehead atoms. The van der Waals surface area contributed by atoms with Crippen molar-refractivity contribution in [3.05, 3.63) is 84.4 Å². The van der Waals surface area contributed by atoms with E-state index in [9.17, 15) is 0 Å². The van der Waals surface area contributed by atoms with Crippen LogP contribution in [0.4, 0.5) is 11.4 Å². The summed E-state index contributed by atoms with van der Waals surface area (Å²) in [5.41, 5.74) is 5.71. The molecule has 30 heavy (non-hydrogen) atoms. The zero-order valence-electron chi connectivity index (χ0n) is 16.2. The van der Waals surface area contributed by atoms with Crippen LogP contribution in [0.2, 0.25) is 0 Å². The van der Waals surface area contributed by atoms with E-state index in [0.717, 1.165) is 38.9 Å². The Morgan fingerprint density at radius 3 is 2.60 bits per heavy atom. The summed E-state index contributed by atoms with van der Waals surface area (Å²) in [4.78, 5) is 4.80. The third kappa shape index (κ3) is 3.12. The Morgan fingerprint density at radius 2 is 1.73 bits per heavy atom. The van der Waals surface area contributed by atoms with E-state index in [0.29, 0.717) is 11.5 Å². The molecule has 0 saturated carbocycles. The molecule has 5 rings (SSSR count). The van der Waals surface area contributed by atoms with Crippen LogP contribution in [-0.2, 0) is 0 Å². The van der Waals surface area contributed by atoms with Crippen LogP contribution < -0.4 is 5.32 Å². The van der Waals surface area contributed by atoms with Crippen molar-refractivity contribution in [2.24, 2.45) is 5.16 Å². The summed E-state index contributed by atoms with van der Waals surface area (Å²) in [7, 11) is 0. The summed E-state index contributed by atoms with van der Waals surface area (Å²) < 4.78 is 1.74. The number of para-hydroxylation sites is 2. The SMILES string of the molecule is C/C(=N/O)c1cccc(Nc2cc(-n3nnc4ccccc43)nc3ccccc23)c1. The van der Waals surface area contributed by atoms with Gasteiger partial charge in [-0.15, -0.1) is 5.10 Å². The number of fused-ring (bicyclic) bond motifs is 2. The molecule has 0 fully saturated rings. The van der Waals surface area contributed by atoms with Gasteiger partial charge in [0.15, 0.2) is 5.82 Å². The Bertz CT molecular complexity index is 1410. The number of aromatic nitrogens is 4. The number of hydrogen-bond acceptors (Lipinski definition) is 6. The fraction of sp³-hybridized carbons (Fsp3) is 0.0435. The van der Waals surface area contributed by atoms with Gasteiger partial charge in [-0.1, -0.05) is 52.8 Å². The van der Waals surface area contributed by atoms with Gasteiger partial charge in [0.1, 0.15) is 5.52 Å². The van der Waals surface area contributed by atoms with Gasteiger partial charge in [0.2, 0.25) is 0 Å². The highest BCUT2D eigenvalue weighted by atomic mass is 16.4. The summed E-state index contributed by atoms with van der Waals surface area (Å²) in [6.45, 7) is 1.76. The van der Waals surface area contributed by atoms with Gasteiger partial charge in [-0.2, -0.15) is 4.68 Å². The molecular formula is C23H18N6O. The zero-order chi connectivity index (χ0) is 20.5. The first-order chi connectivity index (χ1) is 14.7. The van der Waals surface area contributed by atoms with E-state index in [-0.39, 0.29) is 0 Å². The second-order valence-corrected chi connectivity index (χ2v) is 6.93. The number of hydrogen-bond donors (Lipinski definition) is 2. The van der Waals surface area contributed by atoms with Crippen molar-refractivity contribution in [3.8, 4) is 5.82 Å². The van der Waals surface area contributed by atoms with Crippen molar-refractivity contribution >= 4 is 39.0 Å². The normalized spacial score (nSPS) is 11.8. The first-order valence-electron chi connectivity index (χ1n) is 9.50. The van der Waals surface area contributed by atoms with Crippen LogP contribution in [0.15, 0.2) is 84.0 Å². The molecule has 146 valence electrons. The molecular weight excluding hydrogens is 376 g/mol. The molecule has 2 heterocycles. The zero-order valence-corrected chi connectivity index (χ0v) is 16.2. The largest absolute Gasteiger partial charge is 0.411 e. The van der Waals surface area contributed by atoms with Gasteiger partial charge in [-0.3, -0.25) is 0 Å². The molecule has 0 atom stereocenters. The fourth-order valence-corrected chi connectivity index (χ4v) is 3.45. The minimum atomic E-state index is 0.549. The Kier molecular flexibility index (Phi) is 4.33. The maximum Gasteiger partial charge on any atom is 0.158 e. The number of pyridine rings is 1. The summed E-state index contributed by atoms with van der Waals surface area (Å²) in [5, 5.41) is 25.4. The third-order valence-electron chi connectivity index (χ3n) is 4.98. The molecule has 3 aromatic carbocycles. The third-order valence-corrected chi connectivity index (χ3v) is 4.98. The fourth-order valence-electron chi connectivity index (χ4n) is 3.45. The standard InChI is InChI=1S/C23H18N6O/c1-15(27-30)16-7-6-8-17(13-16)24-21-14-23(25-19-10-3-2-9-18(19)21)29-22-12-5-4-11-20(22)26-28-29/h2-14,30H,1H3,(H,24,25)/b27-15-. The van der Waals surface area contributed by atoms with Gasteiger partial charge in [-0.05, 0) is 37.3 Å². The van der Waals surface area contributed by atoms with E-state index in [1.807, 2.05) is 78.9 Å². The van der Waals surface area contributed by atoms with Gasteiger partial charge < -0.3 is 10.5 Å². The smallest absolute Gasteiger partial charge is 0.158 e. The molecule has 2 N–H and O–H groups in total. The molecule has 0 aliphatic heterocycles. The topological polar surface area (TPSA) is 88.2 Å². The monoisotopic (exact) mass is 394 g/mol. The molecule has 0 saturated heterocycles. The molecule has 0 unspecified atom stereocenters. The van der Waals surface area contributed by atoms with Crippen LogP contribution in [0.3, 0.4) is 0 Å². The molecule has 5 aromatic rings. The van der Waals surface area contributed by atoms with Crippen molar-refractivity contribution < 1.29 is 5.21 Å². The molecule has 0 amide bonds. The van der Waals surface area contributed by atoms with Crippen LogP contribution in [0, 0.1) is 0 Å². The van der Waals surface area contributed by atoms with E-state index >= 15 is 0 Å².